The average Bonchev–Trinajstić information content (AvgIpc) is 2.62. The molecular weight excluding hydrogens is 326 g/mol. The van der Waals surface area contributed by atoms with Crippen LogP contribution in [0.5, 0.6) is 0 Å². The number of aliphatic hydroxyl groups excluding tert-OH is 1. The van der Waals surface area contributed by atoms with Crippen LogP contribution in [-0.2, 0) is 27.9 Å². The smallest absolute Gasteiger partial charge is 0.161 e. The van der Waals surface area contributed by atoms with E-state index in [-0.39, 0.29) is 6.61 Å². The van der Waals surface area contributed by atoms with E-state index in [1.54, 1.807) is 6.26 Å². The summed E-state index contributed by atoms with van der Waals surface area (Å²) >= 11 is 0. The van der Waals surface area contributed by atoms with Gasteiger partial charge in [0.1, 0.15) is 5.82 Å². The number of benzene rings is 1. The molecule has 1 fully saturated rings. The minimum atomic E-state index is -0.966. The fourth-order valence-corrected chi connectivity index (χ4v) is 3.17. The fourth-order valence-electron chi connectivity index (χ4n) is 2.61. The number of aromatic nitrogens is 2. The topological polar surface area (TPSA) is 75.6 Å². The summed E-state index contributed by atoms with van der Waals surface area (Å²) in [5.41, 5.74) is 2.50. The third-order valence-corrected chi connectivity index (χ3v) is 4.55. The van der Waals surface area contributed by atoms with E-state index in [2.05, 4.69) is 14.9 Å². The van der Waals surface area contributed by atoms with Crippen molar-refractivity contribution in [3.8, 4) is 11.4 Å². The first-order valence-electron chi connectivity index (χ1n) is 7.86. The van der Waals surface area contributed by atoms with Gasteiger partial charge in [-0.15, -0.1) is 0 Å². The van der Waals surface area contributed by atoms with Gasteiger partial charge >= 0.3 is 0 Å². The van der Waals surface area contributed by atoms with Crippen LogP contribution in [-0.4, -0.2) is 51.8 Å². The highest BCUT2D eigenvalue weighted by molar-refractivity contribution is 7.83. The third-order valence-electron chi connectivity index (χ3n) is 3.85. The van der Waals surface area contributed by atoms with Gasteiger partial charge in [-0.1, -0.05) is 24.3 Å². The van der Waals surface area contributed by atoms with Gasteiger partial charge in [0, 0.05) is 41.8 Å². The van der Waals surface area contributed by atoms with Crippen LogP contribution in [0.25, 0.3) is 11.4 Å². The Morgan fingerprint density at radius 1 is 1.21 bits per heavy atom. The van der Waals surface area contributed by atoms with E-state index >= 15 is 0 Å². The molecule has 0 amide bonds. The van der Waals surface area contributed by atoms with Gasteiger partial charge in [0.25, 0.3) is 0 Å². The van der Waals surface area contributed by atoms with Crippen LogP contribution in [0, 0.1) is 0 Å². The van der Waals surface area contributed by atoms with Gasteiger partial charge in [0.2, 0.25) is 0 Å². The Morgan fingerprint density at radius 3 is 2.54 bits per heavy atom. The molecule has 1 aliphatic rings. The molecule has 1 saturated heterocycles. The maximum Gasteiger partial charge on any atom is 0.161 e. The number of nitrogens with zero attached hydrogens (tertiary/aromatic N) is 3. The van der Waals surface area contributed by atoms with Gasteiger partial charge in [-0.05, 0) is 5.56 Å². The summed E-state index contributed by atoms with van der Waals surface area (Å²) in [6.07, 6.45) is 1.67. The summed E-state index contributed by atoms with van der Waals surface area (Å²) in [5, 5.41) is 9.17. The molecule has 7 heteroatoms. The van der Waals surface area contributed by atoms with Crippen LogP contribution in [0.4, 0.5) is 5.82 Å². The first kappa shape index (κ1) is 17.0. The second kappa shape index (κ2) is 7.83. The summed E-state index contributed by atoms with van der Waals surface area (Å²) in [4.78, 5) is 11.4. The van der Waals surface area contributed by atoms with Crippen molar-refractivity contribution < 1.29 is 14.1 Å². The molecule has 0 saturated carbocycles. The molecule has 0 radical (unpaired) electrons. The van der Waals surface area contributed by atoms with E-state index in [1.807, 2.05) is 30.3 Å². The van der Waals surface area contributed by atoms with Crippen LogP contribution in [0.3, 0.4) is 0 Å². The zero-order valence-electron chi connectivity index (χ0n) is 13.6. The molecule has 1 N–H and O–H groups in total. The quantitative estimate of drug-likeness (QED) is 0.880. The number of morpholine rings is 1. The molecule has 1 aromatic carbocycles. The number of hydrogen-bond donors (Lipinski definition) is 1. The lowest BCUT2D eigenvalue weighted by molar-refractivity contribution is 0.122. The Morgan fingerprint density at radius 2 is 1.92 bits per heavy atom. The summed E-state index contributed by atoms with van der Waals surface area (Å²) < 4.78 is 17.0. The standard InChI is InChI=1S/C17H21N3O3S/c1-24(22)12-15-10-16(20-6-8-23-9-7-20)19-17(18-15)14-4-2-13(11-21)3-5-14/h2-5,10,21H,6-9,11-12H2,1H3. The van der Waals surface area contributed by atoms with Crippen molar-refractivity contribution in [2.75, 3.05) is 37.5 Å². The van der Waals surface area contributed by atoms with Gasteiger partial charge in [-0.2, -0.15) is 0 Å². The molecule has 2 heterocycles. The van der Waals surface area contributed by atoms with E-state index in [0.29, 0.717) is 24.8 Å². The van der Waals surface area contributed by atoms with Crippen molar-refractivity contribution in [2.45, 2.75) is 12.4 Å². The molecule has 1 atom stereocenters. The molecule has 1 aliphatic heterocycles. The minimum Gasteiger partial charge on any atom is -0.392 e. The van der Waals surface area contributed by atoms with E-state index in [0.717, 1.165) is 35.7 Å². The largest absolute Gasteiger partial charge is 0.392 e. The predicted octanol–water partition coefficient (Wildman–Crippen LogP) is 1.35. The Balaban J connectivity index is 1.97. The number of anilines is 1. The zero-order chi connectivity index (χ0) is 16.9. The summed E-state index contributed by atoms with van der Waals surface area (Å²) in [7, 11) is -0.966. The number of rotatable bonds is 5. The molecule has 6 nitrogen and oxygen atoms in total. The Hall–Kier alpha value is -1.83. The maximum atomic E-state index is 11.6. The van der Waals surface area contributed by atoms with Gasteiger partial charge in [-0.3, -0.25) is 4.21 Å². The second-order valence-electron chi connectivity index (χ2n) is 5.71. The van der Waals surface area contributed by atoms with Crippen LogP contribution in [0.15, 0.2) is 30.3 Å². The van der Waals surface area contributed by atoms with Crippen molar-refractivity contribution in [1.82, 2.24) is 9.97 Å². The van der Waals surface area contributed by atoms with E-state index < -0.39 is 10.8 Å². The SMILES string of the molecule is CS(=O)Cc1cc(N2CCOCC2)nc(-c2ccc(CO)cc2)n1. The highest BCUT2D eigenvalue weighted by Gasteiger charge is 2.16. The monoisotopic (exact) mass is 347 g/mol. The molecule has 3 rings (SSSR count). The maximum absolute atomic E-state index is 11.6. The van der Waals surface area contributed by atoms with Gasteiger partial charge in [-0.25, -0.2) is 9.97 Å². The number of ether oxygens (including phenoxy) is 1. The second-order valence-corrected chi connectivity index (χ2v) is 7.15. The molecule has 0 bridgehead atoms. The molecule has 24 heavy (non-hydrogen) atoms. The Bertz CT molecular complexity index is 716. The highest BCUT2D eigenvalue weighted by atomic mass is 32.2. The summed E-state index contributed by atoms with van der Waals surface area (Å²) in [6, 6.07) is 9.43. The van der Waals surface area contributed by atoms with Crippen molar-refractivity contribution in [3.63, 3.8) is 0 Å². The lowest BCUT2D eigenvalue weighted by Crippen LogP contribution is -2.37. The van der Waals surface area contributed by atoms with E-state index in [9.17, 15) is 9.32 Å². The molecule has 0 spiro atoms. The van der Waals surface area contributed by atoms with Crippen LogP contribution >= 0.6 is 0 Å². The first-order valence-corrected chi connectivity index (χ1v) is 9.59. The van der Waals surface area contributed by atoms with Crippen LogP contribution in [0.2, 0.25) is 0 Å². The lowest BCUT2D eigenvalue weighted by atomic mass is 10.1. The number of hydrogen-bond acceptors (Lipinski definition) is 6. The van der Waals surface area contributed by atoms with Crippen LogP contribution in [0.1, 0.15) is 11.3 Å². The summed E-state index contributed by atoms with van der Waals surface area (Å²) in [6.45, 7) is 2.94. The Labute approximate surface area is 144 Å². The van der Waals surface area contributed by atoms with Crippen molar-refractivity contribution >= 4 is 16.6 Å². The van der Waals surface area contributed by atoms with Gasteiger partial charge in [0.05, 0.1) is 31.3 Å². The molecule has 2 aromatic rings. The molecule has 128 valence electrons. The van der Waals surface area contributed by atoms with Gasteiger partial charge in [0.15, 0.2) is 5.82 Å². The van der Waals surface area contributed by atoms with Crippen molar-refractivity contribution in [1.29, 1.82) is 0 Å². The molecular formula is C17H21N3O3S. The zero-order valence-corrected chi connectivity index (χ0v) is 14.5. The van der Waals surface area contributed by atoms with Crippen LogP contribution < -0.4 is 4.90 Å². The first-order chi connectivity index (χ1) is 11.7. The number of aliphatic hydroxyl groups is 1. The average molecular weight is 347 g/mol. The molecule has 1 unspecified atom stereocenters. The lowest BCUT2D eigenvalue weighted by Gasteiger charge is -2.28. The van der Waals surface area contributed by atoms with E-state index in [1.165, 1.54) is 0 Å². The van der Waals surface area contributed by atoms with E-state index in [4.69, 9.17) is 4.74 Å². The molecule has 0 aliphatic carbocycles. The third kappa shape index (κ3) is 4.17. The van der Waals surface area contributed by atoms with Gasteiger partial charge < -0.3 is 14.7 Å². The predicted molar refractivity (Wildman–Crippen MR) is 94.2 cm³/mol. The highest BCUT2D eigenvalue weighted by Crippen LogP contribution is 2.22. The fraction of sp³-hybridized carbons (Fsp3) is 0.412. The van der Waals surface area contributed by atoms with Crippen molar-refractivity contribution in [3.05, 3.63) is 41.6 Å². The van der Waals surface area contributed by atoms with Crippen molar-refractivity contribution in [2.24, 2.45) is 0 Å². The minimum absolute atomic E-state index is 0.00895. The summed E-state index contributed by atoms with van der Waals surface area (Å²) in [5.74, 6) is 1.86. The normalized spacial score (nSPS) is 16.2. The Kier molecular flexibility index (Phi) is 5.55. The molecule has 1 aromatic heterocycles.